The molecule has 3 rings (SSSR count). The lowest BCUT2D eigenvalue weighted by Gasteiger charge is -2.17. The van der Waals surface area contributed by atoms with Crippen LogP contribution in [0.5, 0.6) is 5.75 Å². The van der Waals surface area contributed by atoms with Crippen LogP contribution in [0.15, 0.2) is 47.5 Å². The number of benzene rings is 2. The standard InChI is InChI=1S/C25H35N3O3.HI/c1-4-26-25(27-14-20-6-5-7-21(13-20)16-29-3)28-15-23-9-8-19(2)12-24(23)31-18-22-10-11-30-17-22;/h5-9,12-13,22H,4,10-11,14-18H2,1-3H3,(H2,26,27,28);1H. The van der Waals surface area contributed by atoms with Gasteiger partial charge in [0.05, 0.1) is 26.4 Å². The molecule has 7 heteroatoms. The summed E-state index contributed by atoms with van der Waals surface area (Å²) in [7, 11) is 1.71. The number of hydrogen-bond donors (Lipinski definition) is 2. The summed E-state index contributed by atoms with van der Waals surface area (Å²) in [4.78, 5) is 4.75. The first-order chi connectivity index (χ1) is 15.2. The van der Waals surface area contributed by atoms with Crippen molar-refractivity contribution in [3.63, 3.8) is 0 Å². The maximum Gasteiger partial charge on any atom is 0.191 e. The van der Waals surface area contributed by atoms with Crippen LogP contribution in [0.1, 0.15) is 35.6 Å². The largest absolute Gasteiger partial charge is 0.493 e. The first-order valence-electron chi connectivity index (χ1n) is 11.1. The molecule has 0 radical (unpaired) electrons. The summed E-state index contributed by atoms with van der Waals surface area (Å²) in [6, 6.07) is 14.7. The molecule has 1 atom stereocenters. The molecule has 6 nitrogen and oxygen atoms in total. The number of ether oxygens (including phenoxy) is 3. The van der Waals surface area contributed by atoms with Crippen molar-refractivity contribution in [1.82, 2.24) is 10.6 Å². The van der Waals surface area contributed by atoms with Crippen LogP contribution in [0.3, 0.4) is 0 Å². The van der Waals surface area contributed by atoms with E-state index in [0.717, 1.165) is 54.6 Å². The average molecular weight is 553 g/mol. The van der Waals surface area contributed by atoms with E-state index in [2.05, 4.69) is 60.9 Å². The van der Waals surface area contributed by atoms with Gasteiger partial charge in [-0.25, -0.2) is 4.99 Å². The number of guanidine groups is 1. The average Bonchev–Trinajstić information content (AvgIpc) is 3.29. The number of halogens is 1. The van der Waals surface area contributed by atoms with Crippen LogP contribution in [-0.2, 0) is 29.2 Å². The fourth-order valence-electron chi connectivity index (χ4n) is 3.54. The van der Waals surface area contributed by atoms with Crippen LogP contribution in [0, 0.1) is 12.8 Å². The van der Waals surface area contributed by atoms with Gasteiger partial charge in [0.1, 0.15) is 5.75 Å². The van der Waals surface area contributed by atoms with Gasteiger partial charge in [-0.15, -0.1) is 24.0 Å². The van der Waals surface area contributed by atoms with Crippen molar-refractivity contribution in [3.8, 4) is 5.75 Å². The minimum atomic E-state index is 0. The second-order valence-electron chi connectivity index (χ2n) is 7.95. The van der Waals surface area contributed by atoms with Gasteiger partial charge in [-0.3, -0.25) is 0 Å². The number of nitrogens with one attached hydrogen (secondary N) is 2. The van der Waals surface area contributed by atoms with Crippen molar-refractivity contribution in [2.24, 2.45) is 10.9 Å². The van der Waals surface area contributed by atoms with Gasteiger partial charge < -0.3 is 24.8 Å². The quantitative estimate of drug-likeness (QED) is 0.259. The van der Waals surface area contributed by atoms with E-state index in [4.69, 9.17) is 19.2 Å². The smallest absolute Gasteiger partial charge is 0.191 e. The van der Waals surface area contributed by atoms with E-state index in [1.54, 1.807) is 7.11 Å². The Morgan fingerprint density at radius 2 is 2.00 bits per heavy atom. The highest BCUT2D eigenvalue weighted by Crippen LogP contribution is 2.22. The molecule has 0 aliphatic carbocycles. The van der Waals surface area contributed by atoms with Crippen LogP contribution >= 0.6 is 24.0 Å². The molecule has 0 amide bonds. The first kappa shape index (κ1) is 26.4. The van der Waals surface area contributed by atoms with Crippen molar-refractivity contribution in [1.29, 1.82) is 0 Å². The zero-order valence-electron chi connectivity index (χ0n) is 19.4. The Hall–Kier alpha value is -1.84. The van der Waals surface area contributed by atoms with Crippen molar-refractivity contribution in [3.05, 3.63) is 64.7 Å². The lowest BCUT2D eigenvalue weighted by Crippen LogP contribution is -2.36. The van der Waals surface area contributed by atoms with Gasteiger partial charge in [0.15, 0.2) is 5.96 Å². The maximum atomic E-state index is 6.17. The van der Waals surface area contributed by atoms with E-state index in [1.807, 2.05) is 6.07 Å². The molecular formula is C25H36IN3O3. The summed E-state index contributed by atoms with van der Waals surface area (Å²) in [6.07, 6.45) is 1.07. The zero-order chi connectivity index (χ0) is 21.9. The Bertz CT molecular complexity index is 854. The van der Waals surface area contributed by atoms with Crippen molar-refractivity contribution >= 4 is 29.9 Å². The Balaban J connectivity index is 0.00000363. The minimum Gasteiger partial charge on any atom is -0.493 e. The fourth-order valence-corrected chi connectivity index (χ4v) is 3.54. The maximum absolute atomic E-state index is 6.17. The summed E-state index contributed by atoms with van der Waals surface area (Å²) in [5.41, 5.74) is 4.63. The topological polar surface area (TPSA) is 64.1 Å². The highest BCUT2D eigenvalue weighted by molar-refractivity contribution is 14.0. The molecule has 1 heterocycles. The number of hydrogen-bond acceptors (Lipinski definition) is 4. The Morgan fingerprint density at radius 3 is 2.75 bits per heavy atom. The van der Waals surface area contributed by atoms with Crippen LogP contribution in [0.2, 0.25) is 0 Å². The summed E-state index contributed by atoms with van der Waals surface area (Å²) in [5, 5.41) is 6.77. The predicted octanol–water partition coefficient (Wildman–Crippen LogP) is 4.43. The normalized spacial score (nSPS) is 15.8. The van der Waals surface area contributed by atoms with Gasteiger partial charge in [0.25, 0.3) is 0 Å². The number of rotatable bonds is 10. The number of nitrogens with zero attached hydrogens (tertiary/aromatic N) is 1. The third-order valence-electron chi connectivity index (χ3n) is 5.23. The molecular weight excluding hydrogens is 517 g/mol. The number of aryl methyl sites for hydroxylation is 1. The summed E-state index contributed by atoms with van der Waals surface area (Å²) in [5.74, 6) is 2.20. The third kappa shape index (κ3) is 8.60. The molecule has 2 aromatic carbocycles. The molecule has 1 fully saturated rings. The van der Waals surface area contributed by atoms with Crippen LogP contribution in [-0.4, -0.2) is 39.4 Å². The van der Waals surface area contributed by atoms with Gasteiger partial charge in [0.2, 0.25) is 0 Å². The molecule has 1 aliphatic rings. The molecule has 32 heavy (non-hydrogen) atoms. The molecule has 2 N–H and O–H groups in total. The summed E-state index contributed by atoms with van der Waals surface area (Å²) < 4.78 is 16.9. The second-order valence-corrected chi connectivity index (χ2v) is 7.95. The molecule has 176 valence electrons. The van der Waals surface area contributed by atoms with Crippen LogP contribution in [0.4, 0.5) is 0 Å². The van der Waals surface area contributed by atoms with Crippen molar-refractivity contribution < 1.29 is 14.2 Å². The van der Waals surface area contributed by atoms with Gasteiger partial charge >= 0.3 is 0 Å². The Labute approximate surface area is 209 Å². The molecule has 2 aromatic rings. The van der Waals surface area contributed by atoms with Gasteiger partial charge in [-0.1, -0.05) is 36.4 Å². The van der Waals surface area contributed by atoms with Crippen LogP contribution < -0.4 is 15.4 Å². The van der Waals surface area contributed by atoms with Crippen molar-refractivity contribution in [2.45, 2.75) is 40.0 Å². The Morgan fingerprint density at radius 1 is 1.16 bits per heavy atom. The molecule has 0 saturated carbocycles. The van der Waals surface area contributed by atoms with Gasteiger partial charge in [-0.2, -0.15) is 0 Å². The number of methoxy groups -OCH3 is 1. The van der Waals surface area contributed by atoms with Crippen LogP contribution in [0.25, 0.3) is 0 Å². The summed E-state index contributed by atoms with van der Waals surface area (Å²) >= 11 is 0. The van der Waals surface area contributed by atoms with E-state index < -0.39 is 0 Å². The fraction of sp³-hybridized carbons (Fsp3) is 0.480. The lowest BCUT2D eigenvalue weighted by molar-refractivity contribution is 0.166. The molecule has 0 aromatic heterocycles. The highest BCUT2D eigenvalue weighted by Gasteiger charge is 2.17. The third-order valence-corrected chi connectivity index (χ3v) is 5.23. The SMILES string of the molecule is CCNC(=NCc1cccc(COC)c1)NCc1ccc(C)cc1OCC1CCOC1.I. The zero-order valence-corrected chi connectivity index (χ0v) is 21.7. The lowest BCUT2D eigenvalue weighted by atomic mass is 10.1. The number of aliphatic imine (C=N–C) groups is 1. The molecule has 0 spiro atoms. The van der Waals surface area contributed by atoms with Gasteiger partial charge in [0, 0.05) is 38.3 Å². The van der Waals surface area contributed by atoms with E-state index in [9.17, 15) is 0 Å². The van der Waals surface area contributed by atoms with E-state index >= 15 is 0 Å². The Kier molecular flexibility index (Phi) is 11.8. The van der Waals surface area contributed by atoms with E-state index in [0.29, 0.717) is 32.2 Å². The molecule has 1 aliphatic heterocycles. The van der Waals surface area contributed by atoms with E-state index in [1.165, 1.54) is 5.56 Å². The summed E-state index contributed by atoms with van der Waals surface area (Å²) in [6.45, 7) is 9.15. The second kappa shape index (κ2) is 14.3. The first-order valence-corrected chi connectivity index (χ1v) is 11.1. The molecule has 1 unspecified atom stereocenters. The predicted molar refractivity (Wildman–Crippen MR) is 140 cm³/mol. The van der Waals surface area contributed by atoms with Crippen molar-refractivity contribution in [2.75, 3.05) is 33.5 Å². The van der Waals surface area contributed by atoms with Gasteiger partial charge in [-0.05, 0) is 43.0 Å². The molecule has 0 bridgehead atoms. The monoisotopic (exact) mass is 553 g/mol. The van der Waals surface area contributed by atoms with E-state index in [-0.39, 0.29) is 24.0 Å². The molecule has 1 saturated heterocycles. The minimum absolute atomic E-state index is 0. The highest BCUT2D eigenvalue weighted by atomic mass is 127.